The summed E-state index contributed by atoms with van der Waals surface area (Å²) in [6.07, 6.45) is 1.19. The van der Waals surface area contributed by atoms with Crippen LogP contribution in [-0.4, -0.2) is 24.0 Å². The number of thioether (sulfide) groups is 1. The Bertz CT molecular complexity index is 419. The van der Waals surface area contributed by atoms with Crippen LogP contribution in [0.25, 0.3) is 0 Å². The number of hydrogen-bond acceptors (Lipinski definition) is 3. The van der Waals surface area contributed by atoms with Gasteiger partial charge in [-0.25, -0.2) is 0 Å². The molecule has 0 aromatic heterocycles. The number of halogens is 1. The van der Waals surface area contributed by atoms with Crippen molar-refractivity contribution in [1.82, 2.24) is 5.32 Å². The van der Waals surface area contributed by atoms with Gasteiger partial charge in [0.05, 0.1) is 5.56 Å². The van der Waals surface area contributed by atoms with Gasteiger partial charge in [0.15, 0.2) is 0 Å². The second-order valence-corrected chi connectivity index (χ2v) is 6.24. The third kappa shape index (κ3) is 3.39. The molecule has 0 aliphatic carbocycles. The first-order valence-electron chi connectivity index (χ1n) is 5.58. The van der Waals surface area contributed by atoms with Crippen molar-refractivity contribution in [1.29, 1.82) is 0 Å². The smallest absolute Gasteiger partial charge is 0.253 e. The second kappa shape index (κ2) is 5.78. The summed E-state index contributed by atoms with van der Waals surface area (Å²) < 4.78 is 0.869. The summed E-state index contributed by atoms with van der Waals surface area (Å²) in [6, 6.07) is 5.33. The molecule has 1 unspecified atom stereocenters. The van der Waals surface area contributed by atoms with E-state index in [0.29, 0.717) is 17.2 Å². The van der Waals surface area contributed by atoms with Gasteiger partial charge >= 0.3 is 0 Å². The lowest BCUT2D eigenvalue weighted by atomic mass is 10.1. The van der Waals surface area contributed by atoms with E-state index in [1.165, 1.54) is 12.2 Å². The topological polar surface area (TPSA) is 55.1 Å². The Kier molecular flexibility index (Phi) is 4.34. The average molecular weight is 315 g/mol. The number of anilines is 1. The van der Waals surface area contributed by atoms with Crippen molar-refractivity contribution in [2.45, 2.75) is 6.42 Å². The van der Waals surface area contributed by atoms with Gasteiger partial charge in [0.2, 0.25) is 0 Å². The molecular weight excluding hydrogens is 300 g/mol. The third-order valence-electron chi connectivity index (χ3n) is 2.84. The van der Waals surface area contributed by atoms with Crippen LogP contribution in [0.15, 0.2) is 22.7 Å². The monoisotopic (exact) mass is 314 g/mol. The molecule has 3 N–H and O–H groups in total. The summed E-state index contributed by atoms with van der Waals surface area (Å²) >= 11 is 5.29. The summed E-state index contributed by atoms with van der Waals surface area (Å²) in [5.41, 5.74) is 6.85. The van der Waals surface area contributed by atoms with Crippen molar-refractivity contribution < 1.29 is 4.79 Å². The van der Waals surface area contributed by atoms with Gasteiger partial charge in [-0.05, 0) is 42.0 Å². The molecule has 1 aromatic rings. The predicted octanol–water partition coefficient (Wildman–Crippen LogP) is 2.51. The van der Waals surface area contributed by atoms with Crippen molar-refractivity contribution in [2.75, 3.05) is 23.8 Å². The standard InChI is InChI=1S/C12H15BrN2OS/c13-9-1-2-11(14)10(5-9)12(16)15-6-8-3-4-17-7-8/h1-2,5,8H,3-4,6-7,14H2,(H,15,16). The first-order valence-corrected chi connectivity index (χ1v) is 7.52. The quantitative estimate of drug-likeness (QED) is 0.843. The Morgan fingerprint density at radius 1 is 1.59 bits per heavy atom. The van der Waals surface area contributed by atoms with E-state index in [1.54, 1.807) is 12.1 Å². The molecule has 1 aliphatic rings. The highest BCUT2D eigenvalue weighted by molar-refractivity contribution is 9.10. The Morgan fingerprint density at radius 2 is 2.41 bits per heavy atom. The molecule has 0 radical (unpaired) electrons. The van der Waals surface area contributed by atoms with Crippen molar-refractivity contribution in [2.24, 2.45) is 5.92 Å². The van der Waals surface area contributed by atoms with Crippen molar-refractivity contribution in [3.8, 4) is 0 Å². The summed E-state index contributed by atoms with van der Waals surface area (Å²) in [6.45, 7) is 0.748. The average Bonchev–Trinajstić information content (AvgIpc) is 2.82. The zero-order chi connectivity index (χ0) is 12.3. The fourth-order valence-electron chi connectivity index (χ4n) is 1.80. The van der Waals surface area contributed by atoms with Crippen LogP contribution in [-0.2, 0) is 0 Å². The second-order valence-electron chi connectivity index (χ2n) is 4.17. The molecule has 1 heterocycles. The molecule has 1 saturated heterocycles. The van der Waals surface area contributed by atoms with Gasteiger partial charge in [-0.15, -0.1) is 0 Å². The number of nitrogens with two attached hydrogens (primary N) is 1. The number of amides is 1. The number of benzene rings is 1. The third-order valence-corrected chi connectivity index (χ3v) is 4.56. The van der Waals surface area contributed by atoms with Crippen LogP contribution in [0.4, 0.5) is 5.69 Å². The normalized spacial score (nSPS) is 19.2. The van der Waals surface area contributed by atoms with E-state index in [4.69, 9.17) is 5.73 Å². The summed E-state index contributed by atoms with van der Waals surface area (Å²) in [7, 11) is 0. The Labute approximate surface area is 114 Å². The maximum atomic E-state index is 12.0. The van der Waals surface area contributed by atoms with E-state index >= 15 is 0 Å². The van der Waals surface area contributed by atoms with Crippen molar-refractivity contribution in [3.63, 3.8) is 0 Å². The predicted molar refractivity (Wildman–Crippen MR) is 76.3 cm³/mol. The molecule has 1 aliphatic heterocycles. The Balaban J connectivity index is 1.96. The van der Waals surface area contributed by atoms with Crippen LogP contribution in [0.3, 0.4) is 0 Å². The molecule has 1 atom stereocenters. The molecule has 3 nitrogen and oxygen atoms in total. The first-order chi connectivity index (χ1) is 8.16. The van der Waals surface area contributed by atoms with Gasteiger partial charge in [-0.2, -0.15) is 11.8 Å². The molecule has 1 amide bonds. The van der Waals surface area contributed by atoms with Crippen LogP contribution in [0.1, 0.15) is 16.8 Å². The number of hydrogen-bond donors (Lipinski definition) is 2. The van der Waals surface area contributed by atoms with Gasteiger partial charge in [0.25, 0.3) is 5.91 Å². The Morgan fingerprint density at radius 3 is 3.12 bits per heavy atom. The number of nitrogen functional groups attached to an aromatic ring is 1. The molecular formula is C12H15BrN2OS. The van der Waals surface area contributed by atoms with Crippen molar-refractivity contribution >= 4 is 39.3 Å². The van der Waals surface area contributed by atoms with E-state index in [0.717, 1.165) is 16.8 Å². The first kappa shape index (κ1) is 12.8. The SMILES string of the molecule is Nc1ccc(Br)cc1C(=O)NCC1CCSC1. The minimum absolute atomic E-state index is 0.0827. The molecule has 0 bridgehead atoms. The number of carbonyl (C=O) groups is 1. The van der Waals surface area contributed by atoms with Gasteiger partial charge < -0.3 is 11.1 Å². The lowest BCUT2D eigenvalue weighted by Crippen LogP contribution is -2.29. The zero-order valence-electron chi connectivity index (χ0n) is 9.41. The fraction of sp³-hybridized carbons (Fsp3) is 0.417. The van der Waals surface area contributed by atoms with Crippen LogP contribution >= 0.6 is 27.7 Å². The number of rotatable bonds is 3. The van der Waals surface area contributed by atoms with Crippen LogP contribution < -0.4 is 11.1 Å². The van der Waals surface area contributed by atoms with Gasteiger partial charge in [-0.3, -0.25) is 4.79 Å². The Hall–Kier alpha value is -0.680. The van der Waals surface area contributed by atoms with E-state index < -0.39 is 0 Å². The van der Waals surface area contributed by atoms with Crippen molar-refractivity contribution in [3.05, 3.63) is 28.2 Å². The van der Waals surface area contributed by atoms with E-state index in [9.17, 15) is 4.79 Å². The summed E-state index contributed by atoms with van der Waals surface area (Å²) in [4.78, 5) is 12.0. The van der Waals surface area contributed by atoms with Gasteiger partial charge in [0, 0.05) is 16.7 Å². The highest BCUT2D eigenvalue weighted by atomic mass is 79.9. The van der Waals surface area contributed by atoms with Crippen LogP contribution in [0.2, 0.25) is 0 Å². The molecule has 92 valence electrons. The minimum atomic E-state index is -0.0827. The van der Waals surface area contributed by atoms with Gasteiger partial charge in [-0.1, -0.05) is 15.9 Å². The lowest BCUT2D eigenvalue weighted by Gasteiger charge is -2.11. The highest BCUT2D eigenvalue weighted by Gasteiger charge is 2.17. The maximum Gasteiger partial charge on any atom is 0.253 e. The van der Waals surface area contributed by atoms with Gasteiger partial charge in [0.1, 0.15) is 0 Å². The highest BCUT2D eigenvalue weighted by Crippen LogP contribution is 2.23. The van der Waals surface area contributed by atoms with E-state index in [1.807, 2.05) is 17.8 Å². The van der Waals surface area contributed by atoms with E-state index in [2.05, 4.69) is 21.2 Å². The summed E-state index contributed by atoms with van der Waals surface area (Å²) in [5.74, 6) is 2.88. The molecule has 1 aromatic carbocycles. The lowest BCUT2D eigenvalue weighted by molar-refractivity contribution is 0.0949. The van der Waals surface area contributed by atoms with Crippen LogP contribution in [0, 0.1) is 5.92 Å². The zero-order valence-corrected chi connectivity index (χ0v) is 11.8. The molecule has 2 rings (SSSR count). The minimum Gasteiger partial charge on any atom is -0.398 e. The molecule has 0 saturated carbocycles. The number of nitrogens with one attached hydrogen (secondary N) is 1. The molecule has 17 heavy (non-hydrogen) atoms. The molecule has 5 heteroatoms. The fourth-order valence-corrected chi connectivity index (χ4v) is 3.45. The molecule has 1 fully saturated rings. The maximum absolute atomic E-state index is 12.0. The van der Waals surface area contributed by atoms with E-state index in [-0.39, 0.29) is 5.91 Å². The summed E-state index contributed by atoms with van der Waals surface area (Å²) in [5, 5.41) is 2.96. The largest absolute Gasteiger partial charge is 0.398 e. The number of carbonyl (C=O) groups excluding carboxylic acids is 1. The van der Waals surface area contributed by atoms with Crippen LogP contribution in [0.5, 0.6) is 0 Å². The molecule has 0 spiro atoms.